The Morgan fingerprint density at radius 2 is 2.08 bits per heavy atom. The maximum atomic E-state index is 10.3. The number of carbonyl (C=O) groups excluding carboxylic acids is 1. The highest BCUT2D eigenvalue weighted by atomic mass is 16.5. The molecule has 0 aliphatic carbocycles. The third-order valence-corrected chi connectivity index (χ3v) is 2.13. The average Bonchev–Trinajstić information content (AvgIpc) is 2.05. The summed E-state index contributed by atoms with van der Waals surface area (Å²) in [4.78, 5) is 12.4. The standard InChI is InChI=1S/C8H14NO3/c1-7(6-8(10)11)9-2-4-12-5-3-9/h7H,2-6H2,1H3. The van der Waals surface area contributed by atoms with Gasteiger partial charge in [-0.15, -0.1) is 0 Å². The van der Waals surface area contributed by atoms with E-state index in [1.165, 1.54) is 0 Å². The van der Waals surface area contributed by atoms with E-state index in [1.54, 1.807) is 0 Å². The Labute approximate surface area is 72.1 Å². The summed E-state index contributed by atoms with van der Waals surface area (Å²) in [5.41, 5.74) is 0. The fourth-order valence-electron chi connectivity index (χ4n) is 1.39. The summed E-state index contributed by atoms with van der Waals surface area (Å²) in [7, 11) is 0. The van der Waals surface area contributed by atoms with Crippen LogP contribution in [-0.4, -0.2) is 43.2 Å². The topological polar surface area (TPSA) is 49.4 Å². The predicted octanol–water partition coefficient (Wildman–Crippen LogP) is 0.0543. The molecule has 1 aliphatic rings. The van der Waals surface area contributed by atoms with Crippen LogP contribution in [0.15, 0.2) is 0 Å². The summed E-state index contributed by atoms with van der Waals surface area (Å²) in [5.74, 6) is -0.978. The van der Waals surface area contributed by atoms with Crippen molar-refractivity contribution < 1.29 is 14.6 Å². The highest BCUT2D eigenvalue weighted by molar-refractivity contribution is 5.66. The quantitative estimate of drug-likeness (QED) is 0.604. The van der Waals surface area contributed by atoms with Crippen LogP contribution in [0, 0.1) is 0 Å². The molecule has 0 spiro atoms. The van der Waals surface area contributed by atoms with E-state index in [2.05, 4.69) is 4.90 Å². The number of carbonyl (C=O) groups is 1. The Kier molecular flexibility index (Phi) is 3.49. The van der Waals surface area contributed by atoms with Crippen LogP contribution in [0.25, 0.3) is 0 Å². The van der Waals surface area contributed by atoms with E-state index in [1.807, 2.05) is 6.92 Å². The zero-order chi connectivity index (χ0) is 8.97. The van der Waals surface area contributed by atoms with Gasteiger partial charge in [-0.3, -0.25) is 4.90 Å². The van der Waals surface area contributed by atoms with Crippen LogP contribution in [0.2, 0.25) is 0 Å². The van der Waals surface area contributed by atoms with Gasteiger partial charge in [0.05, 0.1) is 19.6 Å². The summed E-state index contributed by atoms with van der Waals surface area (Å²) >= 11 is 0. The van der Waals surface area contributed by atoms with Gasteiger partial charge in [-0.25, -0.2) is 9.90 Å². The minimum atomic E-state index is -0.978. The molecule has 1 atom stereocenters. The summed E-state index contributed by atoms with van der Waals surface area (Å²) < 4.78 is 5.15. The molecule has 0 aromatic carbocycles. The number of hydrogen-bond acceptors (Lipinski definition) is 3. The van der Waals surface area contributed by atoms with Crippen molar-refractivity contribution in [2.24, 2.45) is 0 Å². The summed E-state index contributed by atoms with van der Waals surface area (Å²) in [5, 5.41) is 10.3. The molecule has 1 fully saturated rings. The van der Waals surface area contributed by atoms with Gasteiger partial charge in [-0.05, 0) is 6.92 Å². The van der Waals surface area contributed by atoms with Gasteiger partial charge in [-0.2, -0.15) is 0 Å². The number of rotatable bonds is 3. The molecule has 12 heavy (non-hydrogen) atoms. The normalized spacial score (nSPS) is 22.1. The average molecular weight is 172 g/mol. The minimum Gasteiger partial charge on any atom is -0.379 e. The first-order valence-electron chi connectivity index (χ1n) is 4.22. The predicted molar refractivity (Wildman–Crippen MR) is 42.2 cm³/mol. The second kappa shape index (κ2) is 4.42. The molecule has 0 saturated carbocycles. The lowest BCUT2D eigenvalue weighted by atomic mass is 10.2. The van der Waals surface area contributed by atoms with E-state index in [0.29, 0.717) is 13.2 Å². The lowest BCUT2D eigenvalue weighted by molar-refractivity contribution is -0.144. The van der Waals surface area contributed by atoms with Gasteiger partial charge in [0.2, 0.25) is 0 Å². The van der Waals surface area contributed by atoms with Crippen LogP contribution in [0.3, 0.4) is 0 Å². The number of ether oxygens (including phenoxy) is 1. The van der Waals surface area contributed by atoms with Gasteiger partial charge in [0.1, 0.15) is 0 Å². The summed E-state index contributed by atoms with van der Waals surface area (Å²) in [6.45, 7) is 4.97. The lowest BCUT2D eigenvalue weighted by Crippen LogP contribution is -2.42. The second-order valence-corrected chi connectivity index (χ2v) is 3.07. The first-order chi connectivity index (χ1) is 5.70. The summed E-state index contributed by atoms with van der Waals surface area (Å²) in [6.07, 6.45) is 0.111. The number of nitrogens with zero attached hydrogens (tertiary/aromatic N) is 1. The van der Waals surface area contributed by atoms with Gasteiger partial charge in [-0.1, -0.05) is 0 Å². The van der Waals surface area contributed by atoms with Crippen LogP contribution in [0.5, 0.6) is 0 Å². The highest BCUT2D eigenvalue weighted by Gasteiger charge is 2.19. The Morgan fingerprint density at radius 1 is 1.50 bits per heavy atom. The van der Waals surface area contributed by atoms with Crippen molar-refractivity contribution in [2.45, 2.75) is 19.4 Å². The molecule has 0 amide bonds. The van der Waals surface area contributed by atoms with Gasteiger partial charge in [0.25, 0.3) is 0 Å². The Morgan fingerprint density at radius 3 is 2.58 bits per heavy atom. The lowest BCUT2D eigenvalue weighted by Gasteiger charge is -2.31. The Bertz CT molecular complexity index is 154. The largest absolute Gasteiger partial charge is 0.379 e. The molecule has 1 aliphatic heterocycles. The Hall–Kier alpha value is -0.610. The second-order valence-electron chi connectivity index (χ2n) is 3.07. The first-order valence-corrected chi connectivity index (χ1v) is 4.22. The van der Waals surface area contributed by atoms with Crippen molar-refractivity contribution in [1.29, 1.82) is 0 Å². The fraction of sp³-hybridized carbons (Fsp3) is 0.875. The molecule has 1 rings (SSSR count). The molecule has 1 heterocycles. The van der Waals surface area contributed by atoms with Crippen molar-refractivity contribution in [2.75, 3.05) is 26.3 Å². The van der Waals surface area contributed by atoms with Crippen LogP contribution >= 0.6 is 0 Å². The molecule has 4 heteroatoms. The van der Waals surface area contributed by atoms with Crippen molar-refractivity contribution >= 4 is 5.97 Å². The molecule has 1 unspecified atom stereocenters. The van der Waals surface area contributed by atoms with Gasteiger partial charge in [0, 0.05) is 19.1 Å². The van der Waals surface area contributed by atoms with E-state index < -0.39 is 5.97 Å². The van der Waals surface area contributed by atoms with Gasteiger partial charge < -0.3 is 4.74 Å². The van der Waals surface area contributed by atoms with Crippen molar-refractivity contribution in [3.8, 4) is 0 Å². The molecule has 0 bridgehead atoms. The monoisotopic (exact) mass is 172 g/mol. The number of morpholine rings is 1. The highest BCUT2D eigenvalue weighted by Crippen LogP contribution is 2.06. The van der Waals surface area contributed by atoms with E-state index in [9.17, 15) is 9.90 Å². The third-order valence-electron chi connectivity index (χ3n) is 2.13. The molecular weight excluding hydrogens is 158 g/mol. The first kappa shape index (κ1) is 9.48. The van der Waals surface area contributed by atoms with E-state index in [4.69, 9.17) is 4.74 Å². The van der Waals surface area contributed by atoms with Crippen LogP contribution < -0.4 is 0 Å². The van der Waals surface area contributed by atoms with Crippen LogP contribution in [-0.2, 0) is 14.6 Å². The van der Waals surface area contributed by atoms with Gasteiger partial charge in [0.15, 0.2) is 0 Å². The molecule has 0 N–H and O–H groups in total. The zero-order valence-corrected chi connectivity index (χ0v) is 7.28. The van der Waals surface area contributed by atoms with Crippen molar-refractivity contribution in [1.82, 2.24) is 4.90 Å². The minimum absolute atomic E-state index is 0.0684. The molecule has 69 valence electrons. The number of hydrogen-bond donors (Lipinski definition) is 0. The van der Waals surface area contributed by atoms with E-state index in [0.717, 1.165) is 13.1 Å². The summed E-state index contributed by atoms with van der Waals surface area (Å²) in [6, 6.07) is 0.0684. The van der Waals surface area contributed by atoms with Crippen LogP contribution in [0.1, 0.15) is 13.3 Å². The molecule has 1 radical (unpaired) electrons. The third kappa shape index (κ3) is 2.79. The van der Waals surface area contributed by atoms with Crippen LogP contribution in [0.4, 0.5) is 0 Å². The maximum Gasteiger partial charge on any atom is 0.357 e. The van der Waals surface area contributed by atoms with E-state index in [-0.39, 0.29) is 12.5 Å². The Balaban J connectivity index is 2.29. The molecule has 1 saturated heterocycles. The van der Waals surface area contributed by atoms with Crippen molar-refractivity contribution in [3.05, 3.63) is 0 Å². The smallest absolute Gasteiger partial charge is 0.357 e. The van der Waals surface area contributed by atoms with Gasteiger partial charge >= 0.3 is 5.97 Å². The fourth-order valence-corrected chi connectivity index (χ4v) is 1.39. The molecule has 0 aromatic heterocycles. The molecule has 0 aromatic rings. The molecule has 4 nitrogen and oxygen atoms in total. The zero-order valence-electron chi connectivity index (χ0n) is 7.28. The maximum absolute atomic E-state index is 10.3. The SMILES string of the molecule is CC(CC([O])=O)N1CCOCC1. The van der Waals surface area contributed by atoms with Crippen molar-refractivity contribution in [3.63, 3.8) is 0 Å². The molecular formula is C8H14NO3. The van der Waals surface area contributed by atoms with E-state index >= 15 is 0 Å².